The molecule has 94 valence electrons. The quantitative estimate of drug-likeness (QED) is 0.825. The van der Waals surface area contributed by atoms with Gasteiger partial charge in [-0.3, -0.25) is 4.90 Å². The number of aromatic nitrogens is 4. The van der Waals surface area contributed by atoms with E-state index in [4.69, 9.17) is 0 Å². The van der Waals surface area contributed by atoms with Gasteiger partial charge < -0.3 is 5.11 Å². The van der Waals surface area contributed by atoms with Crippen molar-refractivity contribution in [2.75, 3.05) is 6.54 Å². The molecule has 3 heterocycles. The van der Waals surface area contributed by atoms with Crippen molar-refractivity contribution in [3.8, 4) is 0 Å². The van der Waals surface area contributed by atoms with E-state index in [1.165, 1.54) is 11.2 Å². The average molecular weight is 247 g/mol. The van der Waals surface area contributed by atoms with E-state index in [2.05, 4.69) is 15.1 Å². The molecule has 0 radical (unpaired) electrons. The number of rotatable bonds is 1. The lowest BCUT2D eigenvalue weighted by atomic mass is 10.1. The third kappa shape index (κ3) is 1.68. The predicted octanol–water partition coefficient (Wildman–Crippen LogP) is 1.49. The van der Waals surface area contributed by atoms with Gasteiger partial charge in [-0.15, -0.1) is 0 Å². The van der Waals surface area contributed by atoms with Gasteiger partial charge in [-0.2, -0.15) is 5.10 Å². The maximum atomic E-state index is 11.2. The smallest absolute Gasteiger partial charge is 0.409 e. The summed E-state index contributed by atoms with van der Waals surface area (Å²) in [6, 6.07) is 0. The van der Waals surface area contributed by atoms with Gasteiger partial charge in [-0.25, -0.2) is 19.4 Å². The van der Waals surface area contributed by atoms with Crippen LogP contribution in [0.25, 0.3) is 11.0 Å². The summed E-state index contributed by atoms with van der Waals surface area (Å²) in [6.45, 7) is 0.548. The van der Waals surface area contributed by atoms with Gasteiger partial charge in [0.15, 0.2) is 5.65 Å². The fourth-order valence-electron chi connectivity index (χ4n) is 2.40. The molecule has 2 aromatic rings. The van der Waals surface area contributed by atoms with Crippen LogP contribution in [0.5, 0.6) is 0 Å². The summed E-state index contributed by atoms with van der Waals surface area (Å²) in [5, 5.41) is 14.3. The number of carbonyl (C=O) groups is 1. The average Bonchev–Trinajstić information content (AvgIpc) is 2.82. The molecule has 1 amide bonds. The molecular formula is C11H13N5O2. The van der Waals surface area contributed by atoms with Crippen molar-refractivity contribution >= 4 is 17.1 Å². The molecule has 7 heteroatoms. The second-order valence-electron chi connectivity index (χ2n) is 4.34. The first kappa shape index (κ1) is 10.9. The Morgan fingerprint density at radius 1 is 1.39 bits per heavy atom. The van der Waals surface area contributed by atoms with Gasteiger partial charge in [-0.1, -0.05) is 0 Å². The molecule has 7 nitrogen and oxygen atoms in total. The summed E-state index contributed by atoms with van der Waals surface area (Å²) in [4.78, 5) is 20.8. The van der Waals surface area contributed by atoms with Gasteiger partial charge in [-0.05, 0) is 19.3 Å². The lowest BCUT2D eigenvalue weighted by Gasteiger charge is -2.33. The fraction of sp³-hybridized carbons (Fsp3) is 0.455. The molecule has 3 rings (SSSR count). The van der Waals surface area contributed by atoms with Gasteiger partial charge in [0, 0.05) is 12.7 Å². The molecule has 2 aromatic heterocycles. The van der Waals surface area contributed by atoms with Crippen molar-refractivity contribution < 1.29 is 9.90 Å². The Bertz CT molecular complexity index is 582. The van der Waals surface area contributed by atoms with Crippen molar-refractivity contribution in [2.45, 2.75) is 25.4 Å². The Labute approximate surface area is 103 Å². The summed E-state index contributed by atoms with van der Waals surface area (Å²) < 4.78 is 1.68. The molecule has 1 N–H and O–H groups in total. The van der Waals surface area contributed by atoms with Gasteiger partial charge in [0.1, 0.15) is 12.5 Å². The normalized spacial score (nSPS) is 20.2. The number of nitrogens with zero attached hydrogens (tertiary/aromatic N) is 5. The zero-order chi connectivity index (χ0) is 12.5. The molecular weight excluding hydrogens is 234 g/mol. The first-order valence-electron chi connectivity index (χ1n) is 5.90. The van der Waals surface area contributed by atoms with E-state index in [1.807, 2.05) is 0 Å². The third-order valence-electron chi connectivity index (χ3n) is 3.26. The minimum Gasteiger partial charge on any atom is -0.465 e. The SMILES string of the molecule is O=C(O)N1CCCCC1n1ncc2cncnc21. The second kappa shape index (κ2) is 4.25. The Morgan fingerprint density at radius 3 is 3.11 bits per heavy atom. The third-order valence-corrected chi connectivity index (χ3v) is 3.26. The lowest BCUT2D eigenvalue weighted by molar-refractivity contribution is 0.0752. The summed E-state index contributed by atoms with van der Waals surface area (Å²) in [7, 11) is 0. The highest BCUT2D eigenvalue weighted by atomic mass is 16.4. The van der Waals surface area contributed by atoms with Crippen LogP contribution in [0.3, 0.4) is 0 Å². The lowest BCUT2D eigenvalue weighted by Crippen LogP contribution is -2.40. The van der Waals surface area contributed by atoms with Crippen molar-refractivity contribution in [3.63, 3.8) is 0 Å². The Hall–Kier alpha value is -2.18. The first-order chi connectivity index (χ1) is 8.77. The van der Waals surface area contributed by atoms with E-state index in [1.54, 1.807) is 17.1 Å². The Morgan fingerprint density at radius 2 is 2.28 bits per heavy atom. The summed E-state index contributed by atoms with van der Waals surface area (Å²) >= 11 is 0. The number of hydrogen-bond donors (Lipinski definition) is 1. The number of amides is 1. The minimum absolute atomic E-state index is 0.261. The van der Waals surface area contributed by atoms with Crippen LogP contribution in [0.4, 0.5) is 4.79 Å². The van der Waals surface area contributed by atoms with Crippen LogP contribution in [-0.2, 0) is 0 Å². The number of carboxylic acid groups (broad SMARTS) is 1. The summed E-state index contributed by atoms with van der Waals surface area (Å²) in [5.74, 6) is 0. The fourth-order valence-corrected chi connectivity index (χ4v) is 2.40. The van der Waals surface area contributed by atoms with Crippen molar-refractivity contribution in [1.82, 2.24) is 24.6 Å². The molecule has 1 unspecified atom stereocenters. The van der Waals surface area contributed by atoms with E-state index in [0.717, 1.165) is 24.6 Å². The largest absolute Gasteiger partial charge is 0.465 e. The van der Waals surface area contributed by atoms with Crippen LogP contribution in [-0.4, -0.2) is 42.4 Å². The summed E-state index contributed by atoms with van der Waals surface area (Å²) in [6.07, 6.45) is 6.31. The number of hydrogen-bond acceptors (Lipinski definition) is 4. The molecule has 0 aromatic carbocycles. The van der Waals surface area contributed by atoms with Gasteiger partial charge in [0.25, 0.3) is 0 Å². The number of likely N-dealkylation sites (tertiary alicyclic amines) is 1. The summed E-state index contributed by atoms with van der Waals surface area (Å²) in [5.41, 5.74) is 0.683. The van der Waals surface area contributed by atoms with E-state index in [-0.39, 0.29) is 6.17 Å². The zero-order valence-electron chi connectivity index (χ0n) is 9.73. The van der Waals surface area contributed by atoms with Gasteiger partial charge in [0.05, 0.1) is 11.6 Å². The van der Waals surface area contributed by atoms with Crippen LogP contribution in [0.2, 0.25) is 0 Å². The zero-order valence-corrected chi connectivity index (χ0v) is 9.73. The second-order valence-corrected chi connectivity index (χ2v) is 4.34. The van der Waals surface area contributed by atoms with Crippen LogP contribution >= 0.6 is 0 Å². The van der Waals surface area contributed by atoms with E-state index >= 15 is 0 Å². The molecule has 0 saturated carbocycles. The van der Waals surface area contributed by atoms with E-state index in [9.17, 15) is 9.90 Å². The molecule has 0 aliphatic carbocycles. The highest BCUT2D eigenvalue weighted by Gasteiger charge is 2.29. The molecule has 18 heavy (non-hydrogen) atoms. The minimum atomic E-state index is -0.905. The monoisotopic (exact) mass is 247 g/mol. The van der Waals surface area contributed by atoms with Crippen LogP contribution < -0.4 is 0 Å². The van der Waals surface area contributed by atoms with Crippen molar-refractivity contribution in [2.24, 2.45) is 0 Å². The van der Waals surface area contributed by atoms with Crippen molar-refractivity contribution in [1.29, 1.82) is 0 Å². The van der Waals surface area contributed by atoms with Crippen molar-refractivity contribution in [3.05, 3.63) is 18.7 Å². The molecule has 1 atom stereocenters. The predicted molar refractivity (Wildman–Crippen MR) is 62.9 cm³/mol. The van der Waals surface area contributed by atoms with E-state index < -0.39 is 6.09 Å². The maximum Gasteiger partial charge on any atom is 0.409 e. The molecule has 0 spiro atoms. The maximum absolute atomic E-state index is 11.2. The molecule has 1 fully saturated rings. The molecule has 1 aliphatic heterocycles. The standard InChI is InChI=1S/C11H13N5O2/c17-11(18)15-4-2-1-3-9(15)16-10-8(6-14-16)5-12-7-13-10/h5-7,9H,1-4H2,(H,17,18). The first-order valence-corrected chi connectivity index (χ1v) is 5.90. The molecule has 0 bridgehead atoms. The molecule has 1 aliphatic rings. The van der Waals surface area contributed by atoms with Crippen LogP contribution in [0, 0.1) is 0 Å². The van der Waals surface area contributed by atoms with Gasteiger partial charge >= 0.3 is 6.09 Å². The van der Waals surface area contributed by atoms with Crippen LogP contribution in [0.1, 0.15) is 25.4 Å². The topological polar surface area (TPSA) is 84.1 Å². The van der Waals surface area contributed by atoms with Crippen LogP contribution in [0.15, 0.2) is 18.7 Å². The number of piperidine rings is 1. The highest BCUT2D eigenvalue weighted by molar-refractivity contribution is 5.73. The van der Waals surface area contributed by atoms with Gasteiger partial charge in [0.2, 0.25) is 0 Å². The highest BCUT2D eigenvalue weighted by Crippen LogP contribution is 2.27. The Balaban J connectivity index is 2.04. The number of fused-ring (bicyclic) bond motifs is 1. The Kier molecular flexibility index (Phi) is 2.58. The molecule has 1 saturated heterocycles. The van der Waals surface area contributed by atoms with E-state index in [0.29, 0.717) is 12.2 Å².